The number of nitrogens with one attached hydrogen (secondary N) is 1. The van der Waals surface area contributed by atoms with E-state index >= 15 is 0 Å². The summed E-state index contributed by atoms with van der Waals surface area (Å²) in [7, 11) is 4.11. The Morgan fingerprint density at radius 2 is 1.92 bits per heavy atom. The summed E-state index contributed by atoms with van der Waals surface area (Å²) in [5.74, 6) is -0.199. The van der Waals surface area contributed by atoms with E-state index in [-0.39, 0.29) is 17.5 Å². The topological polar surface area (TPSA) is 35.6 Å². The van der Waals surface area contributed by atoms with Crippen LogP contribution in [0.15, 0.2) is 24.3 Å². The highest BCUT2D eigenvalue weighted by atomic mass is 32.1. The largest absolute Gasteiger partial charge is 0.363 e. The van der Waals surface area contributed by atoms with Gasteiger partial charge in [-0.3, -0.25) is 4.79 Å². The third-order valence-electron chi connectivity index (χ3n) is 4.34. The van der Waals surface area contributed by atoms with E-state index in [9.17, 15) is 9.18 Å². The van der Waals surface area contributed by atoms with Gasteiger partial charge >= 0.3 is 0 Å². The minimum absolute atomic E-state index is 0.00301. The summed E-state index contributed by atoms with van der Waals surface area (Å²) in [6.45, 7) is 3.48. The molecule has 0 atom stereocenters. The summed E-state index contributed by atoms with van der Waals surface area (Å²) in [6.07, 6.45) is 2.62. The lowest BCUT2D eigenvalue weighted by molar-refractivity contribution is 0.0872. The highest BCUT2D eigenvalue weighted by molar-refractivity contribution is 7.80. The highest BCUT2D eigenvalue weighted by Crippen LogP contribution is 2.22. The van der Waals surface area contributed by atoms with Crippen LogP contribution in [0.1, 0.15) is 29.6 Å². The fourth-order valence-corrected chi connectivity index (χ4v) is 3.18. The minimum atomic E-state index is -0.313. The number of nitrogens with zero attached hydrogens (tertiary/aromatic N) is 2. The van der Waals surface area contributed by atoms with Gasteiger partial charge in [0.1, 0.15) is 5.82 Å². The molecule has 0 unspecified atom stereocenters. The molecule has 0 aliphatic carbocycles. The number of carbonyl (C=O) groups is 1. The van der Waals surface area contributed by atoms with Gasteiger partial charge in [-0.1, -0.05) is 0 Å². The number of Topliss-reactive ketones (excluding diaryl/α,β-unsaturated/α-hetero) is 1. The number of thiocarbonyl (C=S) groups is 1. The molecule has 2 rings (SSSR count). The monoisotopic (exact) mass is 351 g/mol. The van der Waals surface area contributed by atoms with E-state index in [0.717, 1.165) is 50.6 Å². The fourth-order valence-electron chi connectivity index (χ4n) is 2.90. The maximum absolute atomic E-state index is 13.0. The number of hydrogen-bond acceptors (Lipinski definition) is 3. The molecule has 1 aliphatic rings. The van der Waals surface area contributed by atoms with Gasteiger partial charge in [0.05, 0.1) is 0 Å². The first-order valence-corrected chi connectivity index (χ1v) is 8.85. The van der Waals surface area contributed by atoms with Crippen LogP contribution < -0.4 is 5.32 Å². The molecule has 1 aromatic rings. The molecule has 0 spiro atoms. The number of hydrogen-bond donors (Lipinski definition) is 1. The van der Waals surface area contributed by atoms with Crippen molar-refractivity contribution in [3.8, 4) is 0 Å². The van der Waals surface area contributed by atoms with Crippen molar-refractivity contribution in [2.75, 3.05) is 40.3 Å². The van der Waals surface area contributed by atoms with Crippen LogP contribution in [0.5, 0.6) is 0 Å². The van der Waals surface area contributed by atoms with Crippen molar-refractivity contribution in [3.63, 3.8) is 0 Å². The van der Waals surface area contributed by atoms with Crippen molar-refractivity contribution in [2.45, 2.75) is 19.3 Å². The predicted molar refractivity (Wildman–Crippen MR) is 98.8 cm³/mol. The normalized spacial score (nSPS) is 15.6. The zero-order valence-electron chi connectivity index (χ0n) is 14.4. The Labute approximate surface area is 149 Å². The first kappa shape index (κ1) is 18.8. The number of piperidine rings is 1. The molecule has 1 fully saturated rings. The van der Waals surface area contributed by atoms with Gasteiger partial charge in [-0.2, -0.15) is 0 Å². The van der Waals surface area contributed by atoms with Crippen molar-refractivity contribution in [1.82, 2.24) is 15.1 Å². The molecule has 1 aromatic carbocycles. The van der Waals surface area contributed by atoms with E-state index < -0.39 is 0 Å². The van der Waals surface area contributed by atoms with Crippen LogP contribution in [0.3, 0.4) is 0 Å². The highest BCUT2D eigenvalue weighted by Gasteiger charge is 2.26. The van der Waals surface area contributed by atoms with Crippen molar-refractivity contribution >= 4 is 23.1 Å². The zero-order valence-corrected chi connectivity index (χ0v) is 15.2. The predicted octanol–water partition coefficient (Wildman–Crippen LogP) is 2.55. The number of likely N-dealkylation sites (tertiary alicyclic amines) is 1. The number of carbonyl (C=O) groups excluding carboxylic acids is 1. The van der Waals surface area contributed by atoms with Crippen LogP contribution in [0.2, 0.25) is 0 Å². The lowest BCUT2D eigenvalue weighted by Gasteiger charge is -2.33. The average molecular weight is 351 g/mol. The van der Waals surface area contributed by atoms with E-state index in [4.69, 9.17) is 12.2 Å². The summed E-state index contributed by atoms with van der Waals surface area (Å²) in [6, 6.07) is 5.83. The van der Waals surface area contributed by atoms with Gasteiger partial charge in [0.25, 0.3) is 0 Å². The summed E-state index contributed by atoms with van der Waals surface area (Å²) >= 11 is 5.44. The van der Waals surface area contributed by atoms with Gasteiger partial charge < -0.3 is 15.1 Å². The Kier molecular flexibility index (Phi) is 7.12. The second-order valence-corrected chi connectivity index (χ2v) is 6.91. The van der Waals surface area contributed by atoms with Crippen LogP contribution in [0.4, 0.5) is 4.39 Å². The van der Waals surface area contributed by atoms with Crippen molar-refractivity contribution in [1.29, 1.82) is 0 Å². The second kappa shape index (κ2) is 9.08. The Bertz CT molecular complexity index is 554. The molecular weight excluding hydrogens is 325 g/mol. The lowest BCUT2D eigenvalue weighted by Crippen LogP contribution is -2.45. The minimum Gasteiger partial charge on any atom is -0.363 e. The molecule has 0 amide bonds. The maximum atomic E-state index is 13.0. The van der Waals surface area contributed by atoms with Gasteiger partial charge in [-0.25, -0.2) is 4.39 Å². The lowest BCUT2D eigenvalue weighted by atomic mass is 9.89. The molecule has 0 saturated carbocycles. The van der Waals surface area contributed by atoms with Gasteiger partial charge in [0.15, 0.2) is 10.9 Å². The fraction of sp³-hybridized carbons (Fsp3) is 0.556. The van der Waals surface area contributed by atoms with Crippen LogP contribution in [0.25, 0.3) is 0 Å². The molecule has 0 aromatic heterocycles. The Morgan fingerprint density at radius 1 is 1.29 bits per heavy atom. The second-order valence-electron chi connectivity index (χ2n) is 6.52. The van der Waals surface area contributed by atoms with Crippen LogP contribution in [0, 0.1) is 11.7 Å². The molecule has 6 heteroatoms. The van der Waals surface area contributed by atoms with Gasteiger partial charge in [-0.05, 0) is 76.4 Å². The SMILES string of the molecule is CN(C)CCCNC(=S)N1CCC(C(=O)c2ccc(F)cc2)CC1. The molecule has 0 radical (unpaired) electrons. The first-order valence-electron chi connectivity index (χ1n) is 8.44. The summed E-state index contributed by atoms with van der Waals surface area (Å²) in [5, 5.41) is 4.07. The quantitative estimate of drug-likeness (QED) is 0.484. The van der Waals surface area contributed by atoms with E-state index in [1.54, 1.807) is 12.1 Å². The molecule has 4 nitrogen and oxygen atoms in total. The summed E-state index contributed by atoms with van der Waals surface area (Å²) < 4.78 is 13.0. The third-order valence-corrected chi connectivity index (χ3v) is 4.74. The Balaban J connectivity index is 1.75. The molecular formula is C18H26FN3OS. The first-order chi connectivity index (χ1) is 11.5. The number of rotatable bonds is 6. The van der Waals surface area contributed by atoms with E-state index in [1.165, 1.54) is 12.1 Å². The average Bonchev–Trinajstić information content (AvgIpc) is 2.58. The van der Waals surface area contributed by atoms with Crippen molar-refractivity contribution in [2.24, 2.45) is 5.92 Å². The van der Waals surface area contributed by atoms with E-state index in [2.05, 4.69) is 29.2 Å². The molecule has 1 saturated heterocycles. The van der Waals surface area contributed by atoms with Gasteiger partial charge in [0.2, 0.25) is 0 Å². The molecule has 132 valence electrons. The molecule has 1 heterocycles. The molecule has 1 N–H and O–H groups in total. The number of ketones is 1. The molecule has 1 aliphatic heterocycles. The standard InChI is InChI=1S/C18H26FN3OS/c1-21(2)11-3-10-20-18(24)22-12-8-15(9-13-22)17(23)14-4-6-16(19)7-5-14/h4-7,15H,3,8-13H2,1-2H3,(H,20,24). The Hall–Kier alpha value is -1.53. The summed E-state index contributed by atoms with van der Waals surface area (Å²) in [5.41, 5.74) is 0.597. The summed E-state index contributed by atoms with van der Waals surface area (Å²) in [4.78, 5) is 16.8. The van der Waals surface area contributed by atoms with Gasteiger partial charge in [0, 0.05) is 31.1 Å². The van der Waals surface area contributed by atoms with Crippen molar-refractivity contribution < 1.29 is 9.18 Å². The molecule has 0 bridgehead atoms. The third kappa shape index (κ3) is 5.53. The zero-order chi connectivity index (χ0) is 17.5. The van der Waals surface area contributed by atoms with Crippen LogP contribution in [-0.2, 0) is 0 Å². The van der Waals surface area contributed by atoms with Gasteiger partial charge in [-0.15, -0.1) is 0 Å². The van der Waals surface area contributed by atoms with Crippen LogP contribution >= 0.6 is 12.2 Å². The number of halogens is 1. The number of benzene rings is 1. The van der Waals surface area contributed by atoms with E-state index in [1.807, 2.05) is 0 Å². The van der Waals surface area contributed by atoms with Crippen LogP contribution in [-0.4, -0.2) is 61.0 Å². The smallest absolute Gasteiger partial charge is 0.168 e. The Morgan fingerprint density at radius 3 is 2.50 bits per heavy atom. The maximum Gasteiger partial charge on any atom is 0.168 e. The van der Waals surface area contributed by atoms with E-state index in [0.29, 0.717) is 5.56 Å². The molecule has 24 heavy (non-hydrogen) atoms. The van der Waals surface area contributed by atoms with Crippen molar-refractivity contribution in [3.05, 3.63) is 35.6 Å².